The number of hydrogen-bond acceptors (Lipinski definition) is 5. The van der Waals surface area contributed by atoms with Crippen molar-refractivity contribution in [1.82, 2.24) is 0 Å². The lowest BCUT2D eigenvalue weighted by atomic mass is 9.96. The Balaban J connectivity index is 1.59. The van der Waals surface area contributed by atoms with Crippen molar-refractivity contribution in [3.05, 3.63) is 104 Å². The van der Waals surface area contributed by atoms with E-state index in [0.29, 0.717) is 0 Å². The Morgan fingerprint density at radius 3 is 2.17 bits per heavy atom. The van der Waals surface area contributed by atoms with Crippen LogP contribution >= 0.6 is 0 Å². The van der Waals surface area contributed by atoms with Crippen molar-refractivity contribution < 1.29 is 9.90 Å². The van der Waals surface area contributed by atoms with E-state index in [0.717, 1.165) is 54.0 Å². The first-order valence-corrected chi connectivity index (χ1v) is 12.6. The maximum absolute atomic E-state index is 12.6. The zero-order chi connectivity index (χ0) is 25.5. The quantitative estimate of drug-likeness (QED) is 0.167. The smallest absolute Gasteiger partial charge is 0.326 e. The maximum Gasteiger partial charge on any atom is 0.326 e. The van der Waals surface area contributed by atoms with Crippen LogP contribution in [-0.2, 0) is 11.2 Å². The normalized spacial score (nSPS) is 12.9. The summed E-state index contributed by atoms with van der Waals surface area (Å²) < 4.78 is 0. The molecule has 1 unspecified atom stereocenters. The number of carboxylic acids is 1. The van der Waals surface area contributed by atoms with Gasteiger partial charge in [-0.1, -0.05) is 99.3 Å². The number of rotatable bonds is 13. The van der Waals surface area contributed by atoms with Crippen LogP contribution in [0.15, 0.2) is 82.4 Å². The van der Waals surface area contributed by atoms with E-state index < -0.39 is 22.9 Å². The number of carbonyl (C=O) groups is 1. The maximum atomic E-state index is 12.6. The lowest BCUT2D eigenvalue weighted by molar-refractivity contribution is -0.137. The molecule has 0 spiro atoms. The van der Waals surface area contributed by atoms with Crippen LogP contribution in [0.2, 0.25) is 0 Å². The van der Waals surface area contributed by atoms with E-state index in [-0.39, 0.29) is 23.8 Å². The SMILES string of the molecule is CCCCCCC(Nc1c(N[C@@H](Cc2ccccc2)C(=O)O)c(=O)c1=O)c1ccc2ccccc2c1. The number of aliphatic carboxylic acids is 1. The van der Waals surface area contributed by atoms with E-state index in [2.05, 4.69) is 41.8 Å². The molecule has 0 fully saturated rings. The second-order valence-corrected chi connectivity index (χ2v) is 9.29. The Hall–Kier alpha value is -3.93. The molecular weight excluding hydrogens is 452 g/mol. The lowest BCUT2D eigenvalue weighted by Gasteiger charge is -2.25. The number of fused-ring (bicyclic) bond motifs is 1. The van der Waals surface area contributed by atoms with Gasteiger partial charge in [-0.25, -0.2) is 4.79 Å². The predicted molar refractivity (Wildman–Crippen MR) is 146 cm³/mol. The third kappa shape index (κ3) is 5.82. The van der Waals surface area contributed by atoms with Crippen molar-refractivity contribution in [2.45, 2.75) is 57.5 Å². The summed E-state index contributed by atoms with van der Waals surface area (Å²) in [5.41, 5.74) is 0.801. The van der Waals surface area contributed by atoms with Crippen LogP contribution in [0.25, 0.3) is 10.8 Å². The molecule has 0 radical (unpaired) electrons. The first kappa shape index (κ1) is 25.2. The molecule has 0 aliphatic rings. The van der Waals surface area contributed by atoms with Gasteiger partial charge in [0.25, 0.3) is 10.9 Å². The van der Waals surface area contributed by atoms with E-state index in [9.17, 15) is 19.5 Å². The predicted octanol–water partition coefficient (Wildman–Crippen LogP) is 5.67. The van der Waals surface area contributed by atoms with Gasteiger partial charge in [-0.2, -0.15) is 0 Å². The highest BCUT2D eigenvalue weighted by Crippen LogP contribution is 2.30. The summed E-state index contributed by atoms with van der Waals surface area (Å²) in [7, 11) is 0. The average molecular weight is 485 g/mol. The fraction of sp³-hybridized carbons (Fsp3) is 0.300. The van der Waals surface area contributed by atoms with Gasteiger partial charge >= 0.3 is 5.97 Å². The van der Waals surface area contributed by atoms with E-state index >= 15 is 0 Å². The van der Waals surface area contributed by atoms with Crippen LogP contribution in [0.5, 0.6) is 0 Å². The van der Waals surface area contributed by atoms with Gasteiger partial charge in [-0.3, -0.25) is 9.59 Å². The molecule has 0 heterocycles. The lowest BCUT2D eigenvalue weighted by Crippen LogP contribution is -2.42. The highest BCUT2D eigenvalue weighted by Gasteiger charge is 2.28. The number of carboxylic acid groups (broad SMARTS) is 1. The van der Waals surface area contributed by atoms with Crippen LogP contribution in [0.3, 0.4) is 0 Å². The molecule has 0 aliphatic carbocycles. The van der Waals surface area contributed by atoms with Crippen molar-refractivity contribution in [1.29, 1.82) is 0 Å². The highest BCUT2D eigenvalue weighted by molar-refractivity contribution is 5.84. The Bertz CT molecular complexity index is 1390. The fourth-order valence-corrected chi connectivity index (χ4v) is 4.59. The van der Waals surface area contributed by atoms with Gasteiger partial charge in [0.2, 0.25) is 0 Å². The molecular formula is C30H32N2O4. The van der Waals surface area contributed by atoms with Crippen molar-refractivity contribution in [3.63, 3.8) is 0 Å². The molecule has 0 bridgehead atoms. The van der Waals surface area contributed by atoms with E-state index in [1.165, 1.54) is 0 Å². The molecule has 36 heavy (non-hydrogen) atoms. The van der Waals surface area contributed by atoms with E-state index in [4.69, 9.17) is 0 Å². The van der Waals surface area contributed by atoms with Crippen molar-refractivity contribution in [3.8, 4) is 0 Å². The molecule has 4 aromatic rings. The Morgan fingerprint density at radius 2 is 1.47 bits per heavy atom. The zero-order valence-electron chi connectivity index (χ0n) is 20.5. The van der Waals surface area contributed by atoms with E-state index in [1.54, 1.807) is 0 Å². The molecule has 0 saturated heterocycles. The molecule has 0 amide bonds. The topological polar surface area (TPSA) is 95.5 Å². The summed E-state index contributed by atoms with van der Waals surface area (Å²) in [6.07, 6.45) is 5.30. The summed E-state index contributed by atoms with van der Waals surface area (Å²) in [5, 5.41) is 18.1. The molecule has 2 atom stereocenters. The van der Waals surface area contributed by atoms with Gasteiger partial charge in [0.1, 0.15) is 17.4 Å². The monoisotopic (exact) mass is 484 g/mol. The van der Waals surface area contributed by atoms with Gasteiger partial charge in [0.05, 0.1) is 6.04 Å². The van der Waals surface area contributed by atoms with Crippen LogP contribution in [0.4, 0.5) is 11.4 Å². The standard InChI is InChI=1S/C30H32N2O4/c1-2-3-4-8-15-24(23-17-16-21-13-9-10-14-22(21)19-23)31-26-27(29(34)28(26)33)32-25(30(35)36)18-20-11-6-5-7-12-20/h5-7,9-14,16-17,19,24-25,31-32H,2-4,8,15,18H2,1H3,(H,35,36)/t24?,25-/m0/s1. The number of benzene rings is 3. The Kier molecular flexibility index (Phi) is 8.16. The number of hydrogen-bond donors (Lipinski definition) is 3. The second-order valence-electron chi connectivity index (χ2n) is 9.29. The molecule has 0 aromatic heterocycles. The minimum atomic E-state index is -1.08. The largest absolute Gasteiger partial charge is 0.480 e. The summed E-state index contributed by atoms with van der Waals surface area (Å²) in [4.78, 5) is 37.0. The van der Waals surface area contributed by atoms with Crippen molar-refractivity contribution in [2.24, 2.45) is 0 Å². The molecule has 4 aromatic carbocycles. The summed E-state index contributed by atoms with van der Waals surface area (Å²) in [6, 6.07) is 22.3. The summed E-state index contributed by atoms with van der Waals surface area (Å²) in [6.45, 7) is 2.16. The number of anilines is 2. The van der Waals surface area contributed by atoms with Crippen LogP contribution in [-0.4, -0.2) is 17.1 Å². The number of unbranched alkanes of at least 4 members (excludes halogenated alkanes) is 3. The highest BCUT2D eigenvalue weighted by atomic mass is 16.4. The third-order valence-corrected chi connectivity index (χ3v) is 6.65. The second kappa shape index (κ2) is 11.7. The van der Waals surface area contributed by atoms with Crippen LogP contribution in [0, 0.1) is 0 Å². The molecule has 0 saturated carbocycles. The van der Waals surface area contributed by atoms with Gasteiger partial charge in [-0.05, 0) is 34.4 Å². The molecule has 4 rings (SSSR count). The van der Waals surface area contributed by atoms with E-state index in [1.807, 2.05) is 48.5 Å². The number of nitrogens with one attached hydrogen (secondary N) is 2. The van der Waals surface area contributed by atoms with Gasteiger partial charge in [0, 0.05) is 6.42 Å². The van der Waals surface area contributed by atoms with Crippen LogP contribution in [0.1, 0.15) is 56.2 Å². The third-order valence-electron chi connectivity index (χ3n) is 6.65. The minimum absolute atomic E-state index is 0.0580. The van der Waals surface area contributed by atoms with Gasteiger partial charge in [-0.15, -0.1) is 0 Å². The van der Waals surface area contributed by atoms with Crippen LogP contribution < -0.4 is 21.5 Å². The average Bonchev–Trinajstić information content (AvgIpc) is 2.91. The molecule has 3 N–H and O–H groups in total. The summed E-state index contributed by atoms with van der Waals surface area (Å²) >= 11 is 0. The van der Waals surface area contributed by atoms with Crippen molar-refractivity contribution in [2.75, 3.05) is 10.6 Å². The Labute approximate surface area is 210 Å². The molecule has 6 heteroatoms. The molecule has 6 nitrogen and oxygen atoms in total. The van der Waals surface area contributed by atoms with Crippen molar-refractivity contribution >= 4 is 28.1 Å². The zero-order valence-corrected chi connectivity index (χ0v) is 20.5. The fourth-order valence-electron chi connectivity index (χ4n) is 4.59. The van der Waals surface area contributed by atoms with Gasteiger partial charge in [0.15, 0.2) is 0 Å². The molecule has 186 valence electrons. The Morgan fingerprint density at radius 1 is 0.806 bits per heavy atom. The molecule has 0 aliphatic heterocycles. The summed E-state index contributed by atoms with van der Waals surface area (Å²) in [5.74, 6) is -1.08. The first-order valence-electron chi connectivity index (χ1n) is 12.6. The van der Waals surface area contributed by atoms with Gasteiger partial charge < -0.3 is 15.7 Å². The minimum Gasteiger partial charge on any atom is -0.480 e. The first-order chi connectivity index (χ1) is 17.5.